The lowest BCUT2D eigenvalue weighted by Gasteiger charge is -2.39. The number of fused-ring (bicyclic) bond motifs is 1. The Hall–Kier alpha value is -3.85. The second-order valence-electron chi connectivity index (χ2n) is 7.92. The highest BCUT2D eigenvalue weighted by atomic mass is 32.1. The number of H-pyrrole nitrogens is 1. The predicted octanol–water partition coefficient (Wildman–Crippen LogP) is 3.24. The number of Topliss-reactive ketones (excluding diaryl/α,β-unsaturated/α-hetero) is 1. The second kappa shape index (κ2) is 8.59. The highest BCUT2D eigenvalue weighted by Gasteiger charge is 2.34. The van der Waals surface area contributed by atoms with Crippen molar-refractivity contribution >= 4 is 39.8 Å². The van der Waals surface area contributed by atoms with Gasteiger partial charge in [-0.25, -0.2) is 4.98 Å². The number of nitrogens with one attached hydrogen (secondary N) is 1. The molecule has 166 valence electrons. The van der Waals surface area contributed by atoms with E-state index in [9.17, 15) is 14.4 Å². The van der Waals surface area contributed by atoms with Crippen molar-refractivity contribution in [1.29, 1.82) is 0 Å². The summed E-state index contributed by atoms with van der Waals surface area (Å²) in [4.78, 5) is 54.1. The van der Waals surface area contributed by atoms with E-state index in [1.54, 1.807) is 46.6 Å². The minimum atomic E-state index is -0.577. The zero-order valence-electron chi connectivity index (χ0n) is 17.9. The van der Waals surface area contributed by atoms with Crippen LogP contribution in [0.15, 0.2) is 60.4 Å². The normalized spacial score (nSPS) is 16.2. The molecule has 9 heteroatoms. The van der Waals surface area contributed by atoms with Crippen molar-refractivity contribution in [3.8, 4) is 10.7 Å². The first-order chi connectivity index (χ1) is 16.0. The Morgan fingerprint density at radius 3 is 2.61 bits per heavy atom. The van der Waals surface area contributed by atoms with Crippen LogP contribution in [0.25, 0.3) is 21.6 Å². The molecule has 1 atom stereocenters. The molecule has 1 unspecified atom stereocenters. The van der Waals surface area contributed by atoms with E-state index in [2.05, 4.69) is 15.0 Å². The zero-order valence-corrected chi connectivity index (χ0v) is 18.7. The summed E-state index contributed by atoms with van der Waals surface area (Å²) in [5.41, 5.74) is 2.25. The lowest BCUT2D eigenvalue weighted by molar-refractivity contribution is -0.130. The molecule has 2 amide bonds. The summed E-state index contributed by atoms with van der Waals surface area (Å²) >= 11 is 1.45. The molecule has 0 spiro atoms. The summed E-state index contributed by atoms with van der Waals surface area (Å²) in [5, 5.41) is 3.23. The number of aromatic nitrogens is 3. The van der Waals surface area contributed by atoms with Gasteiger partial charge in [-0.3, -0.25) is 19.4 Å². The van der Waals surface area contributed by atoms with Crippen LogP contribution in [0.5, 0.6) is 0 Å². The van der Waals surface area contributed by atoms with Crippen molar-refractivity contribution in [1.82, 2.24) is 24.8 Å². The molecule has 1 N–H and O–H groups in total. The number of thiazole rings is 1. The van der Waals surface area contributed by atoms with E-state index >= 15 is 0 Å². The fraction of sp³-hybridized carbons (Fsp3) is 0.208. The van der Waals surface area contributed by atoms with E-state index in [1.165, 1.54) is 11.3 Å². The summed E-state index contributed by atoms with van der Waals surface area (Å²) in [6.45, 7) is 2.91. The van der Waals surface area contributed by atoms with Gasteiger partial charge in [0.2, 0.25) is 0 Å². The van der Waals surface area contributed by atoms with Crippen LogP contribution in [0.2, 0.25) is 0 Å². The van der Waals surface area contributed by atoms with Gasteiger partial charge in [0.1, 0.15) is 10.7 Å². The number of benzene rings is 1. The SMILES string of the molecule is CC1CN(C(=O)c2ccccc2)CCN1C(=O)C(=O)c1c[nH]c2c(-c3nccs3)nccc12. The second-order valence-corrected chi connectivity index (χ2v) is 8.81. The highest BCUT2D eigenvalue weighted by Crippen LogP contribution is 2.29. The van der Waals surface area contributed by atoms with Crippen molar-refractivity contribution in [3.05, 3.63) is 71.5 Å². The van der Waals surface area contributed by atoms with Gasteiger partial charge in [0.25, 0.3) is 17.6 Å². The number of pyridine rings is 1. The van der Waals surface area contributed by atoms with Crippen molar-refractivity contribution in [2.24, 2.45) is 0 Å². The van der Waals surface area contributed by atoms with Crippen LogP contribution in [0, 0.1) is 0 Å². The maximum atomic E-state index is 13.2. The smallest absolute Gasteiger partial charge is 0.295 e. The average molecular weight is 460 g/mol. The molecule has 1 aliphatic rings. The molecule has 0 bridgehead atoms. The number of nitrogens with zero attached hydrogens (tertiary/aromatic N) is 4. The van der Waals surface area contributed by atoms with Gasteiger partial charge in [0.15, 0.2) is 0 Å². The number of carbonyl (C=O) groups excluding carboxylic acids is 3. The van der Waals surface area contributed by atoms with Gasteiger partial charge in [-0.1, -0.05) is 18.2 Å². The first kappa shape index (κ1) is 21.0. The van der Waals surface area contributed by atoms with Gasteiger partial charge >= 0.3 is 0 Å². The Morgan fingerprint density at radius 1 is 1.06 bits per heavy atom. The maximum absolute atomic E-state index is 13.2. The van der Waals surface area contributed by atoms with Crippen molar-refractivity contribution in [2.45, 2.75) is 13.0 Å². The molecular formula is C24H21N5O3S. The summed E-state index contributed by atoms with van der Waals surface area (Å²) in [5.74, 6) is -1.21. The van der Waals surface area contributed by atoms with E-state index in [4.69, 9.17) is 0 Å². The number of hydrogen-bond acceptors (Lipinski definition) is 6. The number of piperazine rings is 1. The van der Waals surface area contributed by atoms with E-state index in [1.807, 2.05) is 30.5 Å². The van der Waals surface area contributed by atoms with Gasteiger partial charge in [0.05, 0.1) is 11.1 Å². The third-order valence-electron chi connectivity index (χ3n) is 5.87. The fourth-order valence-corrected chi connectivity index (χ4v) is 4.84. The molecule has 4 heterocycles. The van der Waals surface area contributed by atoms with Crippen LogP contribution in [-0.2, 0) is 4.79 Å². The molecule has 1 aromatic carbocycles. The predicted molar refractivity (Wildman–Crippen MR) is 125 cm³/mol. The van der Waals surface area contributed by atoms with Crippen LogP contribution in [-0.4, -0.2) is 68.0 Å². The van der Waals surface area contributed by atoms with E-state index in [-0.39, 0.29) is 11.9 Å². The molecule has 8 nitrogen and oxygen atoms in total. The Morgan fingerprint density at radius 2 is 1.88 bits per heavy atom. The third-order valence-corrected chi connectivity index (χ3v) is 6.65. The van der Waals surface area contributed by atoms with Gasteiger partial charge in [-0.15, -0.1) is 11.3 Å². The molecule has 3 aromatic heterocycles. The minimum absolute atomic E-state index is 0.0697. The summed E-state index contributed by atoms with van der Waals surface area (Å²) in [6.07, 6.45) is 4.87. The van der Waals surface area contributed by atoms with E-state index in [0.717, 1.165) is 5.01 Å². The van der Waals surface area contributed by atoms with Gasteiger partial charge in [-0.05, 0) is 25.1 Å². The summed E-state index contributed by atoms with van der Waals surface area (Å²) in [6, 6.07) is 10.5. The van der Waals surface area contributed by atoms with Crippen LogP contribution < -0.4 is 0 Å². The molecule has 0 saturated carbocycles. The molecular weight excluding hydrogens is 438 g/mol. The zero-order chi connectivity index (χ0) is 22.9. The largest absolute Gasteiger partial charge is 0.359 e. The van der Waals surface area contributed by atoms with Crippen molar-refractivity contribution in [2.75, 3.05) is 19.6 Å². The van der Waals surface area contributed by atoms with Gasteiger partial charge in [-0.2, -0.15) is 0 Å². The molecule has 1 aliphatic heterocycles. The van der Waals surface area contributed by atoms with E-state index in [0.29, 0.717) is 47.4 Å². The Balaban J connectivity index is 1.34. The van der Waals surface area contributed by atoms with Crippen molar-refractivity contribution < 1.29 is 14.4 Å². The number of aromatic amines is 1. The molecule has 1 saturated heterocycles. The molecule has 33 heavy (non-hydrogen) atoms. The Labute approximate surface area is 193 Å². The quantitative estimate of drug-likeness (QED) is 0.373. The maximum Gasteiger partial charge on any atom is 0.295 e. The molecule has 0 aliphatic carbocycles. The number of carbonyl (C=O) groups is 3. The van der Waals surface area contributed by atoms with Crippen LogP contribution >= 0.6 is 11.3 Å². The standard InChI is InChI=1S/C24H21N5O3S/c1-15-14-28(23(31)16-5-3-2-4-6-16)10-11-29(15)24(32)21(30)18-13-27-19-17(18)7-8-25-20(19)22-26-9-12-33-22/h2-9,12-13,15,27H,10-11,14H2,1H3. The van der Waals surface area contributed by atoms with Gasteiger partial charge in [0, 0.05) is 60.6 Å². The molecule has 5 rings (SSSR count). The topological polar surface area (TPSA) is 99.3 Å². The number of rotatable bonds is 4. The Kier molecular flexibility index (Phi) is 5.47. The van der Waals surface area contributed by atoms with Crippen LogP contribution in [0.3, 0.4) is 0 Å². The lowest BCUT2D eigenvalue weighted by atomic mass is 10.1. The monoisotopic (exact) mass is 459 g/mol. The molecule has 4 aromatic rings. The molecule has 1 fully saturated rings. The average Bonchev–Trinajstić information content (AvgIpc) is 3.53. The van der Waals surface area contributed by atoms with E-state index < -0.39 is 11.7 Å². The Bertz CT molecular complexity index is 1330. The fourth-order valence-electron chi connectivity index (χ4n) is 4.20. The van der Waals surface area contributed by atoms with Crippen LogP contribution in [0.4, 0.5) is 0 Å². The summed E-state index contributed by atoms with van der Waals surface area (Å²) in [7, 11) is 0. The highest BCUT2D eigenvalue weighted by molar-refractivity contribution is 7.13. The number of ketones is 1. The number of hydrogen-bond donors (Lipinski definition) is 1. The number of amides is 2. The first-order valence-corrected chi connectivity index (χ1v) is 11.5. The third kappa shape index (κ3) is 3.80. The molecule has 0 radical (unpaired) electrons. The summed E-state index contributed by atoms with van der Waals surface area (Å²) < 4.78 is 0. The van der Waals surface area contributed by atoms with Crippen LogP contribution in [0.1, 0.15) is 27.6 Å². The lowest BCUT2D eigenvalue weighted by Crippen LogP contribution is -2.56. The van der Waals surface area contributed by atoms with Crippen molar-refractivity contribution in [3.63, 3.8) is 0 Å². The minimum Gasteiger partial charge on any atom is -0.359 e. The first-order valence-electron chi connectivity index (χ1n) is 10.6. The van der Waals surface area contributed by atoms with Gasteiger partial charge < -0.3 is 14.8 Å².